The number of nitrogens with zero attached hydrogens (tertiary/aromatic N) is 3. The molecule has 0 aromatic heterocycles. The highest BCUT2D eigenvalue weighted by Gasteiger charge is 2.27. The molecule has 2 heterocycles. The molecule has 2 fully saturated rings. The van der Waals surface area contributed by atoms with Crippen LogP contribution >= 0.6 is 0 Å². The SMILES string of the molecule is C[C@H]1C[C@H](C)CN(CC(=O)N2CCN(CC(=O)Nc3cccc(F)c3)CC2)C1. The molecule has 154 valence electrons. The molecule has 0 radical (unpaired) electrons. The zero-order valence-electron chi connectivity index (χ0n) is 16.9. The molecule has 0 saturated carbocycles. The Hall–Kier alpha value is -1.99. The second kappa shape index (κ2) is 9.47. The Morgan fingerprint density at radius 2 is 1.71 bits per heavy atom. The molecular formula is C21H31FN4O2. The minimum Gasteiger partial charge on any atom is -0.339 e. The molecule has 2 aliphatic heterocycles. The normalized spacial score (nSPS) is 24.2. The van der Waals surface area contributed by atoms with Crippen molar-refractivity contribution in [3.8, 4) is 0 Å². The number of hydrogen-bond donors (Lipinski definition) is 1. The van der Waals surface area contributed by atoms with E-state index in [0.29, 0.717) is 50.2 Å². The summed E-state index contributed by atoms with van der Waals surface area (Å²) in [5.41, 5.74) is 0.462. The van der Waals surface area contributed by atoms with E-state index in [-0.39, 0.29) is 24.2 Å². The Labute approximate surface area is 166 Å². The van der Waals surface area contributed by atoms with E-state index in [0.717, 1.165) is 13.1 Å². The lowest BCUT2D eigenvalue weighted by atomic mass is 9.92. The third-order valence-electron chi connectivity index (χ3n) is 5.50. The summed E-state index contributed by atoms with van der Waals surface area (Å²) < 4.78 is 13.2. The van der Waals surface area contributed by atoms with Crippen LogP contribution in [0.25, 0.3) is 0 Å². The van der Waals surface area contributed by atoms with Gasteiger partial charge in [0.05, 0.1) is 13.1 Å². The largest absolute Gasteiger partial charge is 0.339 e. The Morgan fingerprint density at radius 1 is 1.04 bits per heavy atom. The minimum absolute atomic E-state index is 0.165. The van der Waals surface area contributed by atoms with Gasteiger partial charge in [-0.25, -0.2) is 4.39 Å². The van der Waals surface area contributed by atoms with E-state index >= 15 is 0 Å². The molecule has 1 N–H and O–H groups in total. The summed E-state index contributed by atoms with van der Waals surface area (Å²) in [5.74, 6) is 0.934. The molecule has 2 amide bonds. The fourth-order valence-corrected chi connectivity index (χ4v) is 4.34. The Kier molecular flexibility index (Phi) is 7.02. The smallest absolute Gasteiger partial charge is 0.238 e. The molecule has 0 spiro atoms. The summed E-state index contributed by atoms with van der Waals surface area (Å²) in [6.07, 6.45) is 1.24. The molecule has 0 bridgehead atoms. The van der Waals surface area contributed by atoms with Gasteiger partial charge in [-0.1, -0.05) is 19.9 Å². The van der Waals surface area contributed by atoms with Gasteiger partial charge in [0.25, 0.3) is 0 Å². The molecule has 28 heavy (non-hydrogen) atoms. The van der Waals surface area contributed by atoms with E-state index in [1.807, 2.05) is 9.80 Å². The molecule has 0 aliphatic carbocycles. The summed E-state index contributed by atoms with van der Waals surface area (Å²) in [7, 11) is 0. The number of carbonyl (C=O) groups is 2. The topological polar surface area (TPSA) is 55.9 Å². The number of rotatable bonds is 5. The zero-order chi connectivity index (χ0) is 20.1. The lowest BCUT2D eigenvalue weighted by Crippen LogP contribution is -2.53. The van der Waals surface area contributed by atoms with Gasteiger partial charge in [0, 0.05) is 45.0 Å². The van der Waals surface area contributed by atoms with Crippen LogP contribution in [0.15, 0.2) is 24.3 Å². The number of anilines is 1. The molecule has 0 unspecified atom stereocenters. The standard InChI is InChI=1S/C21H31FN4O2/c1-16-10-17(2)13-25(12-16)15-21(28)26-8-6-24(7-9-26)14-20(27)23-19-5-3-4-18(22)11-19/h3-5,11,16-17H,6-10,12-15H2,1-2H3,(H,23,27)/t16-,17-/m0/s1. The van der Waals surface area contributed by atoms with Crippen molar-refractivity contribution in [2.24, 2.45) is 11.8 Å². The summed E-state index contributed by atoms with van der Waals surface area (Å²) >= 11 is 0. The quantitative estimate of drug-likeness (QED) is 0.834. The van der Waals surface area contributed by atoms with Crippen LogP contribution in [0.2, 0.25) is 0 Å². The van der Waals surface area contributed by atoms with E-state index in [1.54, 1.807) is 12.1 Å². The van der Waals surface area contributed by atoms with Crippen LogP contribution < -0.4 is 5.32 Å². The molecule has 2 atom stereocenters. The van der Waals surface area contributed by atoms with E-state index in [1.165, 1.54) is 18.6 Å². The minimum atomic E-state index is -0.373. The molecule has 3 rings (SSSR count). The van der Waals surface area contributed by atoms with Gasteiger partial charge < -0.3 is 10.2 Å². The summed E-state index contributed by atoms with van der Waals surface area (Å²) in [6, 6.07) is 5.88. The van der Waals surface area contributed by atoms with Gasteiger partial charge in [-0.05, 0) is 36.5 Å². The van der Waals surface area contributed by atoms with Crippen molar-refractivity contribution in [3.63, 3.8) is 0 Å². The fraction of sp³-hybridized carbons (Fsp3) is 0.619. The molecular weight excluding hydrogens is 359 g/mol. The zero-order valence-corrected chi connectivity index (χ0v) is 16.9. The van der Waals surface area contributed by atoms with Crippen LogP contribution in [-0.2, 0) is 9.59 Å². The lowest BCUT2D eigenvalue weighted by Gasteiger charge is -2.38. The van der Waals surface area contributed by atoms with Gasteiger partial charge in [0.1, 0.15) is 5.82 Å². The van der Waals surface area contributed by atoms with Crippen LogP contribution in [-0.4, -0.2) is 78.9 Å². The number of benzene rings is 1. The van der Waals surface area contributed by atoms with Gasteiger partial charge in [-0.15, -0.1) is 0 Å². The van der Waals surface area contributed by atoms with Gasteiger partial charge in [0.2, 0.25) is 11.8 Å². The maximum atomic E-state index is 13.2. The highest BCUT2D eigenvalue weighted by molar-refractivity contribution is 5.92. The van der Waals surface area contributed by atoms with Crippen molar-refractivity contribution in [2.75, 3.05) is 57.7 Å². The molecule has 1 aromatic rings. The first kappa shape index (κ1) is 20.7. The monoisotopic (exact) mass is 390 g/mol. The predicted molar refractivity (Wildman–Crippen MR) is 107 cm³/mol. The van der Waals surface area contributed by atoms with Gasteiger partial charge in [-0.3, -0.25) is 19.4 Å². The first-order chi connectivity index (χ1) is 13.4. The number of piperazine rings is 1. The number of piperidine rings is 1. The number of nitrogens with one attached hydrogen (secondary N) is 1. The second-order valence-corrected chi connectivity index (χ2v) is 8.36. The molecule has 7 heteroatoms. The highest BCUT2D eigenvalue weighted by atomic mass is 19.1. The Morgan fingerprint density at radius 3 is 2.36 bits per heavy atom. The average molecular weight is 391 g/mol. The predicted octanol–water partition coefficient (Wildman–Crippen LogP) is 1.89. The van der Waals surface area contributed by atoms with Gasteiger partial charge in [0.15, 0.2) is 0 Å². The van der Waals surface area contributed by atoms with Crippen LogP contribution in [0.5, 0.6) is 0 Å². The number of likely N-dealkylation sites (tertiary alicyclic amines) is 1. The maximum Gasteiger partial charge on any atom is 0.238 e. The van der Waals surface area contributed by atoms with E-state index in [9.17, 15) is 14.0 Å². The lowest BCUT2D eigenvalue weighted by molar-refractivity contribution is -0.135. The summed E-state index contributed by atoms with van der Waals surface area (Å²) in [5, 5.41) is 2.72. The fourth-order valence-electron chi connectivity index (χ4n) is 4.34. The van der Waals surface area contributed by atoms with Crippen LogP contribution in [0.1, 0.15) is 20.3 Å². The van der Waals surface area contributed by atoms with E-state index in [4.69, 9.17) is 0 Å². The van der Waals surface area contributed by atoms with Crippen molar-refractivity contribution < 1.29 is 14.0 Å². The van der Waals surface area contributed by atoms with Crippen LogP contribution in [0.3, 0.4) is 0 Å². The Bertz CT molecular complexity index is 681. The molecule has 6 nitrogen and oxygen atoms in total. The first-order valence-corrected chi connectivity index (χ1v) is 10.2. The van der Waals surface area contributed by atoms with Crippen LogP contribution in [0, 0.1) is 17.7 Å². The number of amides is 2. The third-order valence-corrected chi connectivity index (χ3v) is 5.50. The second-order valence-electron chi connectivity index (χ2n) is 8.36. The van der Waals surface area contributed by atoms with Gasteiger partial charge >= 0.3 is 0 Å². The third kappa shape index (κ3) is 6.01. The summed E-state index contributed by atoms with van der Waals surface area (Å²) in [6.45, 7) is 9.88. The summed E-state index contributed by atoms with van der Waals surface area (Å²) in [4.78, 5) is 31.0. The molecule has 2 saturated heterocycles. The maximum absolute atomic E-state index is 13.2. The van der Waals surface area contributed by atoms with Crippen LogP contribution in [0.4, 0.5) is 10.1 Å². The van der Waals surface area contributed by atoms with E-state index < -0.39 is 0 Å². The van der Waals surface area contributed by atoms with E-state index in [2.05, 4.69) is 24.1 Å². The Balaban J connectivity index is 1.40. The number of halogens is 1. The number of carbonyl (C=O) groups excluding carboxylic acids is 2. The molecule has 2 aliphatic rings. The van der Waals surface area contributed by atoms with Crippen molar-refractivity contribution >= 4 is 17.5 Å². The van der Waals surface area contributed by atoms with Crippen molar-refractivity contribution in [2.45, 2.75) is 20.3 Å². The van der Waals surface area contributed by atoms with Gasteiger partial charge in [-0.2, -0.15) is 0 Å². The number of hydrogen-bond acceptors (Lipinski definition) is 4. The van der Waals surface area contributed by atoms with Crippen molar-refractivity contribution in [1.82, 2.24) is 14.7 Å². The highest BCUT2D eigenvalue weighted by Crippen LogP contribution is 2.20. The van der Waals surface area contributed by atoms with Crippen molar-refractivity contribution in [1.29, 1.82) is 0 Å². The average Bonchev–Trinajstić information content (AvgIpc) is 2.61. The molecule has 1 aromatic carbocycles. The first-order valence-electron chi connectivity index (χ1n) is 10.2. The van der Waals surface area contributed by atoms with Crippen molar-refractivity contribution in [3.05, 3.63) is 30.1 Å².